The predicted octanol–water partition coefficient (Wildman–Crippen LogP) is 3.37. The van der Waals surface area contributed by atoms with Gasteiger partial charge in [0.15, 0.2) is 0 Å². The molecule has 1 N–H and O–H groups in total. The Bertz CT molecular complexity index is 388. The number of aryl methyl sites for hydroxylation is 1. The van der Waals surface area contributed by atoms with Crippen molar-refractivity contribution in [3.05, 3.63) is 23.4 Å². The van der Waals surface area contributed by atoms with Crippen LogP contribution in [0.25, 0.3) is 0 Å². The van der Waals surface area contributed by atoms with Crippen LogP contribution in [0.15, 0.2) is 12.3 Å². The number of anilines is 1. The maximum Gasteiger partial charge on any atom is 0.131 e. The molecular formula is C16H29N3. The Balaban J connectivity index is 2.71. The maximum absolute atomic E-state index is 4.63. The van der Waals surface area contributed by atoms with Crippen molar-refractivity contribution in [2.45, 2.75) is 53.6 Å². The number of hydrogen-bond donors (Lipinski definition) is 1. The molecule has 1 rings (SSSR count). The number of aromatic nitrogens is 1. The van der Waals surface area contributed by atoms with E-state index in [9.17, 15) is 0 Å². The average molecular weight is 263 g/mol. The molecule has 0 bridgehead atoms. The second-order valence-electron chi connectivity index (χ2n) is 5.91. The molecule has 108 valence electrons. The molecule has 0 saturated heterocycles. The molecule has 3 nitrogen and oxygen atoms in total. The zero-order chi connectivity index (χ0) is 14.4. The van der Waals surface area contributed by atoms with Gasteiger partial charge in [0.25, 0.3) is 0 Å². The van der Waals surface area contributed by atoms with Gasteiger partial charge in [0.05, 0.1) is 0 Å². The van der Waals surface area contributed by atoms with Crippen LogP contribution in [0.2, 0.25) is 0 Å². The van der Waals surface area contributed by atoms with Crippen molar-refractivity contribution in [3.63, 3.8) is 0 Å². The number of nitrogens with zero attached hydrogens (tertiary/aromatic N) is 2. The largest absolute Gasteiger partial charge is 0.359 e. The highest BCUT2D eigenvalue weighted by Gasteiger charge is 2.10. The van der Waals surface area contributed by atoms with Crippen LogP contribution in [0.4, 0.5) is 5.82 Å². The van der Waals surface area contributed by atoms with Gasteiger partial charge >= 0.3 is 0 Å². The highest BCUT2D eigenvalue weighted by atomic mass is 15.2. The molecule has 0 saturated carbocycles. The molecular weight excluding hydrogens is 234 g/mol. The van der Waals surface area contributed by atoms with E-state index in [2.05, 4.69) is 62.9 Å². The van der Waals surface area contributed by atoms with E-state index in [0.717, 1.165) is 18.9 Å². The van der Waals surface area contributed by atoms with Crippen LogP contribution in [-0.4, -0.2) is 24.6 Å². The standard InChI is InChI=1S/C16H29N3/c1-7-13(4)11-19(6)16-14(5)8-15(10-18-16)9-17-12(2)3/h8,10,12-13,17H,7,9,11H2,1-6H3. The third-order valence-electron chi connectivity index (χ3n) is 3.47. The number of nitrogens with one attached hydrogen (secondary N) is 1. The van der Waals surface area contributed by atoms with E-state index in [1.54, 1.807) is 0 Å². The van der Waals surface area contributed by atoms with Gasteiger partial charge in [-0.3, -0.25) is 0 Å². The van der Waals surface area contributed by atoms with E-state index >= 15 is 0 Å². The van der Waals surface area contributed by atoms with Gasteiger partial charge in [0.2, 0.25) is 0 Å². The molecule has 1 aromatic heterocycles. The summed E-state index contributed by atoms with van der Waals surface area (Å²) in [5.74, 6) is 1.81. The molecule has 3 heteroatoms. The lowest BCUT2D eigenvalue weighted by Crippen LogP contribution is -2.26. The Morgan fingerprint density at radius 3 is 2.53 bits per heavy atom. The van der Waals surface area contributed by atoms with Crippen LogP contribution in [0, 0.1) is 12.8 Å². The van der Waals surface area contributed by atoms with Gasteiger partial charge < -0.3 is 10.2 Å². The Labute approximate surface area is 118 Å². The Kier molecular flexibility index (Phi) is 6.29. The SMILES string of the molecule is CCC(C)CN(C)c1ncc(CNC(C)C)cc1C. The first-order chi connectivity index (χ1) is 8.93. The summed E-state index contributed by atoms with van der Waals surface area (Å²) >= 11 is 0. The molecule has 1 unspecified atom stereocenters. The van der Waals surface area contributed by atoms with Crippen molar-refractivity contribution < 1.29 is 0 Å². The lowest BCUT2D eigenvalue weighted by Gasteiger charge is -2.23. The summed E-state index contributed by atoms with van der Waals surface area (Å²) in [6, 6.07) is 2.75. The molecule has 1 heterocycles. The zero-order valence-electron chi connectivity index (χ0n) is 13.3. The fraction of sp³-hybridized carbons (Fsp3) is 0.688. The second kappa shape index (κ2) is 7.49. The molecule has 0 aromatic carbocycles. The fourth-order valence-electron chi connectivity index (χ4n) is 2.13. The molecule has 0 spiro atoms. The first kappa shape index (κ1) is 16.0. The van der Waals surface area contributed by atoms with E-state index < -0.39 is 0 Å². The van der Waals surface area contributed by atoms with E-state index in [0.29, 0.717) is 12.0 Å². The van der Waals surface area contributed by atoms with Crippen molar-refractivity contribution in [2.75, 3.05) is 18.5 Å². The van der Waals surface area contributed by atoms with Crippen molar-refractivity contribution in [1.82, 2.24) is 10.3 Å². The minimum absolute atomic E-state index is 0.507. The topological polar surface area (TPSA) is 28.2 Å². The quantitative estimate of drug-likeness (QED) is 0.817. The first-order valence-corrected chi connectivity index (χ1v) is 7.34. The Morgan fingerprint density at radius 2 is 2.00 bits per heavy atom. The van der Waals surface area contributed by atoms with Crippen LogP contribution in [0.3, 0.4) is 0 Å². The van der Waals surface area contributed by atoms with Gasteiger partial charge in [-0.05, 0) is 30.0 Å². The Hall–Kier alpha value is -1.09. The van der Waals surface area contributed by atoms with Crippen LogP contribution in [0.1, 0.15) is 45.2 Å². The van der Waals surface area contributed by atoms with Crippen LogP contribution < -0.4 is 10.2 Å². The highest BCUT2D eigenvalue weighted by molar-refractivity contribution is 5.46. The van der Waals surface area contributed by atoms with E-state index in [4.69, 9.17) is 0 Å². The van der Waals surface area contributed by atoms with Crippen molar-refractivity contribution in [2.24, 2.45) is 5.92 Å². The Morgan fingerprint density at radius 1 is 1.32 bits per heavy atom. The number of rotatable bonds is 7. The molecule has 0 aliphatic rings. The van der Waals surface area contributed by atoms with Crippen molar-refractivity contribution in [3.8, 4) is 0 Å². The first-order valence-electron chi connectivity index (χ1n) is 7.34. The van der Waals surface area contributed by atoms with E-state index in [1.165, 1.54) is 17.5 Å². The molecule has 0 amide bonds. The molecule has 0 aliphatic heterocycles. The lowest BCUT2D eigenvalue weighted by atomic mass is 10.1. The fourth-order valence-corrected chi connectivity index (χ4v) is 2.13. The molecule has 1 aromatic rings. The molecule has 0 radical (unpaired) electrons. The summed E-state index contributed by atoms with van der Waals surface area (Å²) in [6.45, 7) is 12.9. The summed E-state index contributed by atoms with van der Waals surface area (Å²) in [6.07, 6.45) is 3.20. The van der Waals surface area contributed by atoms with Gasteiger partial charge in [-0.15, -0.1) is 0 Å². The molecule has 1 atom stereocenters. The summed E-state index contributed by atoms with van der Waals surface area (Å²) < 4.78 is 0. The van der Waals surface area contributed by atoms with Crippen molar-refractivity contribution in [1.29, 1.82) is 0 Å². The maximum atomic E-state index is 4.63. The summed E-state index contributed by atoms with van der Waals surface area (Å²) in [7, 11) is 2.13. The van der Waals surface area contributed by atoms with Gasteiger partial charge in [-0.2, -0.15) is 0 Å². The van der Waals surface area contributed by atoms with Crippen molar-refractivity contribution >= 4 is 5.82 Å². The molecule has 0 aliphatic carbocycles. The van der Waals surface area contributed by atoms with Crippen LogP contribution >= 0.6 is 0 Å². The van der Waals surface area contributed by atoms with E-state index in [-0.39, 0.29) is 0 Å². The summed E-state index contributed by atoms with van der Waals surface area (Å²) in [5, 5.41) is 3.43. The van der Waals surface area contributed by atoms with Gasteiger partial charge in [0, 0.05) is 32.4 Å². The normalized spacial score (nSPS) is 12.8. The third-order valence-corrected chi connectivity index (χ3v) is 3.47. The minimum Gasteiger partial charge on any atom is -0.359 e. The van der Waals surface area contributed by atoms with Gasteiger partial charge in [0.1, 0.15) is 5.82 Å². The summed E-state index contributed by atoms with van der Waals surface area (Å²) in [5.41, 5.74) is 2.51. The number of pyridine rings is 1. The minimum atomic E-state index is 0.507. The average Bonchev–Trinajstić information content (AvgIpc) is 2.35. The predicted molar refractivity (Wildman–Crippen MR) is 83.7 cm³/mol. The lowest BCUT2D eigenvalue weighted by molar-refractivity contribution is 0.556. The number of hydrogen-bond acceptors (Lipinski definition) is 3. The van der Waals surface area contributed by atoms with Crippen LogP contribution in [-0.2, 0) is 6.54 Å². The monoisotopic (exact) mass is 263 g/mol. The van der Waals surface area contributed by atoms with Gasteiger partial charge in [-0.25, -0.2) is 4.98 Å². The third kappa shape index (κ3) is 5.19. The van der Waals surface area contributed by atoms with Crippen LogP contribution in [0.5, 0.6) is 0 Å². The van der Waals surface area contributed by atoms with Gasteiger partial charge in [-0.1, -0.05) is 34.1 Å². The second-order valence-corrected chi connectivity index (χ2v) is 5.91. The smallest absolute Gasteiger partial charge is 0.131 e. The highest BCUT2D eigenvalue weighted by Crippen LogP contribution is 2.18. The zero-order valence-corrected chi connectivity index (χ0v) is 13.3. The molecule has 19 heavy (non-hydrogen) atoms. The molecule has 0 fully saturated rings. The summed E-state index contributed by atoms with van der Waals surface area (Å²) in [4.78, 5) is 6.90. The van der Waals surface area contributed by atoms with E-state index in [1.807, 2.05) is 6.20 Å².